The van der Waals surface area contributed by atoms with E-state index in [0.29, 0.717) is 11.5 Å². The van der Waals surface area contributed by atoms with Crippen molar-refractivity contribution in [3.63, 3.8) is 0 Å². The van der Waals surface area contributed by atoms with E-state index in [1.165, 1.54) is 24.3 Å². The van der Waals surface area contributed by atoms with Crippen LogP contribution in [0.4, 0.5) is 5.69 Å². The Morgan fingerprint density at radius 1 is 1.00 bits per heavy atom. The molecule has 2 aromatic rings. The molecule has 0 radical (unpaired) electrons. The normalized spacial score (nSPS) is 10.5. The molecule has 4 nitrogen and oxygen atoms in total. The number of carbonyl (C=O) groups excluding carboxylic acids is 1. The Morgan fingerprint density at radius 3 is 2.14 bits per heavy atom. The number of carboxylic acid groups (broad SMARTS) is 1. The summed E-state index contributed by atoms with van der Waals surface area (Å²) >= 11 is 0. The quantitative estimate of drug-likeness (QED) is 0.894. The first-order valence-corrected chi connectivity index (χ1v) is 7.14. The smallest absolute Gasteiger partial charge is 0.335 e. The van der Waals surface area contributed by atoms with Crippen LogP contribution in [0.25, 0.3) is 0 Å². The maximum absolute atomic E-state index is 12.4. The van der Waals surface area contributed by atoms with Gasteiger partial charge < -0.3 is 10.4 Å². The molecule has 0 aliphatic carbocycles. The van der Waals surface area contributed by atoms with Crippen LogP contribution in [-0.4, -0.2) is 17.0 Å². The molecule has 2 N–H and O–H groups in total. The molecule has 2 rings (SSSR count). The molecule has 0 spiro atoms. The zero-order valence-electron chi connectivity index (χ0n) is 12.9. The highest BCUT2D eigenvalue weighted by Gasteiger charge is 2.13. The van der Waals surface area contributed by atoms with Gasteiger partial charge in [0.25, 0.3) is 5.91 Å². The van der Waals surface area contributed by atoms with Gasteiger partial charge in [-0.2, -0.15) is 0 Å². The largest absolute Gasteiger partial charge is 0.478 e. The van der Waals surface area contributed by atoms with Gasteiger partial charge in [-0.15, -0.1) is 0 Å². The summed E-state index contributed by atoms with van der Waals surface area (Å²) in [5, 5.41) is 11.8. The van der Waals surface area contributed by atoms with E-state index in [2.05, 4.69) is 19.2 Å². The van der Waals surface area contributed by atoms with Crippen LogP contribution >= 0.6 is 0 Å². The predicted molar refractivity (Wildman–Crippen MR) is 86.6 cm³/mol. The van der Waals surface area contributed by atoms with Crippen LogP contribution in [0.3, 0.4) is 0 Å². The van der Waals surface area contributed by atoms with E-state index in [-0.39, 0.29) is 11.5 Å². The molecule has 0 heterocycles. The molecule has 0 saturated carbocycles. The van der Waals surface area contributed by atoms with Crippen LogP contribution in [0.5, 0.6) is 0 Å². The number of aryl methyl sites for hydroxylation is 1. The summed E-state index contributed by atoms with van der Waals surface area (Å²) < 4.78 is 0. The number of rotatable bonds is 4. The molecule has 0 aliphatic heterocycles. The molecule has 0 aromatic heterocycles. The molecule has 2 aromatic carbocycles. The van der Waals surface area contributed by atoms with Crippen molar-refractivity contribution in [2.45, 2.75) is 26.7 Å². The first-order valence-electron chi connectivity index (χ1n) is 7.14. The maximum atomic E-state index is 12.4. The second-order valence-corrected chi connectivity index (χ2v) is 5.53. The maximum Gasteiger partial charge on any atom is 0.335 e. The Bertz CT molecular complexity index is 703. The minimum Gasteiger partial charge on any atom is -0.478 e. The molecular formula is C18H19NO3. The molecule has 22 heavy (non-hydrogen) atoms. The van der Waals surface area contributed by atoms with Crippen LogP contribution < -0.4 is 5.32 Å². The molecule has 0 saturated heterocycles. The summed E-state index contributed by atoms with van der Waals surface area (Å²) in [5.74, 6) is -0.953. The Balaban J connectivity index is 2.27. The standard InChI is InChI=1S/C18H19NO3/c1-11(2)15-6-4-5-12(3)16(15)19-17(20)13-7-9-14(10-8-13)18(21)22/h4-11H,1-3H3,(H,19,20)(H,21,22). The van der Waals surface area contributed by atoms with Crippen LogP contribution in [0.1, 0.15) is 51.6 Å². The third-order valence-corrected chi connectivity index (χ3v) is 3.56. The van der Waals surface area contributed by atoms with E-state index in [4.69, 9.17) is 5.11 Å². The SMILES string of the molecule is Cc1cccc(C(C)C)c1NC(=O)c1ccc(C(=O)O)cc1. The van der Waals surface area contributed by atoms with E-state index in [1.54, 1.807) is 0 Å². The van der Waals surface area contributed by atoms with Gasteiger partial charge in [0.05, 0.1) is 5.56 Å². The van der Waals surface area contributed by atoms with Gasteiger partial charge in [-0.25, -0.2) is 4.79 Å². The van der Waals surface area contributed by atoms with Crippen molar-refractivity contribution >= 4 is 17.6 Å². The van der Waals surface area contributed by atoms with Crippen molar-refractivity contribution in [1.82, 2.24) is 0 Å². The van der Waals surface area contributed by atoms with E-state index < -0.39 is 5.97 Å². The second kappa shape index (κ2) is 6.43. The second-order valence-electron chi connectivity index (χ2n) is 5.53. The van der Waals surface area contributed by atoms with Crippen molar-refractivity contribution < 1.29 is 14.7 Å². The number of aromatic carboxylic acids is 1. The zero-order chi connectivity index (χ0) is 16.3. The summed E-state index contributed by atoms with van der Waals surface area (Å²) in [7, 11) is 0. The average molecular weight is 297 g/mol. The summed E-state index contributed by atoms with van der Waals surface area (Å²) in [5.41, 5.74) is 3.50. The lowest BCUT2D eigenvalue weighted by Crippen LogP contribution is -2.15. The lowest BCUT2D eigenvalue weighted by atomic mass is 9.98. The predicted octanol–water partition coefficient (Wildman–Crippen LogP) is 4.07. The Labute approximate surface area is 129 Å². The minimum absolute atomic E-state index is 0.162. The van der Waals surface area contributed by atoms with Crippen molar-refractivity contribution in [1.29, 1.82) is 0 Å². The van der Waals surface area contributed by atoms with Gasteiger partial charge in [0.2, 0.25) is 0 Å². The van der Waals surface area contributed by atoms with Gasteiger partial charge in [-0.1, -0.05) is 32.0 Å². The Hall–Kier alpha value is -2.62. The average Bonchev–Trinajstić information content (AvgIpc) is 2.49. The first-order chi connectivity index (χ1) is 10.4. The van der Waals surface area contributed by atoms with E-state index in [9.17, 15) is 9.59 Å². The highest BCUT2D eigenvalue weighted by molar-refractivity contribution is 6.05. The number of nitrogens with one attached hydrogen (secondary N) is 1. The minimum atomic E-state index is -1.01. The number of hydrogen-bond acceptors (Lipinski definition) is 2. The third-order valence-electron chi connectivity index (χ3n) is 3.56. The van der Waals surface area contributed by atoms with Crippen molar-refractivity contribution in [2.24, 2.45) is 0 Å². The Morgan fingerprint density at radius 2 is 1.59 bits per heavy atom. The topological polar surface area (TPSA) is 66.4 Å². The molecule has 0 fully saturated rings. The highest BCUT2D eigenvalue weighted by Crippen LogP contribution is 2.27. The first kappa shape index (κ1) is 15.8. The van der Waals surface area contributed by atoms with E-state index in [1.807, 2.05) is 25.1 Å². The summed E-state index contributed by atoms with van der Waals surface area (Å²) in [6.07, 6.45) is 0. The Kier molecular flexibility index (Phi) is 4.61. The molecular weight excluding hydrogens is 278 g/mol. The van der Waals surface area contributed by atoms with Crippen LogP contribution in [0.2, 0.25) is 0 Å². The summed E-state index contributed by atoms with van der Waals surface area (Å²) in [6.45, 7) is 6.10. The number of carboxylic acids is 1. The van der Waals surface area contributed by atoms with Gasteiger partial charge in [0.1, 0.15) is 0 Å². The van der Waals surface area contributed by atoms with Crippen LogP contribution in [-0.2, 0) is 0 Å². The molecule has 0 aliphatic rings. The van der Waals surface area contributed by atoms with E-state index in [0.717, 1.165) is 16.8 Å². The van der Waals surface area contributed by atoms with E-state index >= 15 is 0 Å². The lowest BCUT2D eigenvalue weighted by molar-refractivity contribution is 0.0696. The molecule has 114 valence electrons. The number of carbonyl (C=O) groups is 2. The zero-order valence-corrected chi connectivity index (χ0v) is 12.9. The molecule has 1 amide bonds. The monoisotopic (exact) mass is 297 g/mol. The number of anilines is 1. The molecule has 0 atom stereocenters. The number of amides is 1. The van der Waals surface area contributed by atoms with Crippen LogP contribution in [0.15, 0.2) is 42.5 Å². The molecule has 0 unspecified atom stereocenters. The summed E-state index contributed by atoms with van der Waals surface area (Å²) in [4.78, 5) is 23.2. The molecule has 4 heteroatoms. The van der Waals surface area contributed by atoms with Crippen LogP contribution in [0, 0.1) is 6.92 Å². The molecule has 0 bridgehead atoms. The number of benzene rings is 2. The van der Waals surface area contributed by atoms with Crippen molar-refractivity contribution in [3.05, 3.63) is 64.7 Å². The van der Waals surface area contributed by atoms with Crippen molar-refractivity contribution in [2.75, 3.05) is 5.32 Å². The highest BCUT2D eigenvalue weighted by atomic mass is 16.4. The van der Waals surface area contributed by atoms with Gasteiger partial charge in [0.15, 0.2) is 0 Å². The van der Waals surface area contributed by atoms with Gasteiger partial charge in [-0.3, -0.25) is 4.79 Å². The van der Waals surface area contributed by atoms with Gasteiger partial charge in [0, 0.05) is 11.3 Å². The fourth-order valence-electron chi connectivity index (χ4n) is 2.29. The fraction of sp³-hybridized carbons (Fsp3) is 0.222. The fourth-order valence-corrected chi connectivity index (χ4v) is 2.29. The van der Waals surface area contributed by atoms with Gasteiger partial charge >= 0.3 is 5.97 Å². The van der Waals surface area contributed by atoms with Crippen molar-refractivity contribution in [3.8, 4) is 0 Å². The third kappa shape index (κ3) is 3.34. The lowest BCUT2D eigenvalue weighted by Gasteiger charge is -2.16. The number of para-hydroxylation sites is 1. The number of hydrogen-bond donors (Lipinski definition) is 2. The van der Waals surface area contributed by atoms with Gasteiger partial charge in [-0.05, 0) is 48.2 Å². The summed E-state index contributed by atoms with van der Waals surface area (Å²) in [6, 6.07) is 11.8.